The molecule has 8 heteroatoms. The molecule has 144 valence electrons. The largest absolute Gasteiger partial charge is 0.465 e. The standard InChI is InChI=1S/C17H30N2O6/c1-7-18(15(21)22)9-8-13(4)10-17(5,6)11-19(16(23)24)25-14(20)12(2)3/h13H,2,7-11H2,1,3-6H3,(H,21,22)(H,23,24). The van der Waals surface area contributed by atoms with Crippen LogP contribution in [0.5, 0.6) is 0 Å². The Kier molecular flexibility index (Phi) is 9.01. The van der Waals surface area contributed by atoms with Crippen molar-refractivity contribution in [2.45, 2.75) is 47.5 Å². The predicted octanol–water partition coefficient (Wildman–Crippen LogP) is 3.44. The molecule has 2 amide bonds. The Labute approximate surface area is 149 Å². The van der Waals surface area contributed by atoms with E-state index >= 15 is 0 Å². The van der Waals surface area contributed by atoms with Gasteiger partial charge >= 0.3 is 18.2 Å². The van der Waals surface area contributed by atoms with Gasteiger partial charge in [-0.05, 0) is 38.0 Å². The van der Waals surface area contributed by atoms with Crippen LogP contribution in [0.4, 0.5) is 9.59 Å². The van der Waals surface area contributed by atoms with Gasteiger partial charge in [0.25, 0.3) is 0 Å². The quantitative estimate of drug-likeness (QED) is 0.483. The van der Waals surface area contributed by atoms with Crippen molar-refractivity contribution in [3.63, 3.8) is 0 Å². The molecule has 1 atom stereocenters. The molecule has 0 aromatic carbocycles. The van der Waals surface area contributed by atoms with Crippen molar-refractivity contribution in [1.29, 1.82) is 0 Å². The second-order valence-corrected chi connectivity index (χ2v) is 7.10. The monoisotopic (exact) mass is 358 g/mol. The molecule has 0 bridgehead atoms. The summed E-state index contributed by atoms with van der Waals surface area (Å²) >= 11 is 0. The van der Waals surface area contributed by atoms with Gasteiger partial charge in [-0.25, -0.2) is 14.4 Å². The summed E-state index contributed by atoms with van der Waals surface area (Å²) in [6.07, 6.45) is -0.975. The van der Waals surface area contributed by atoms with E-state index in [9.17, 15) is 19.5 Å². The van der Waals surface area contributed by atoms with E-state index in [4.69, 9.17) is 9.94 Å². The minimum atomic E-state index is -1.35. The van der Waals surface area contributed by atoms with E-state index in [0.717, 1.165) is 0 Å². The fourth-order valence-electron chi connectivity index (χ4n) is 2.58. The lowest BCUT2D eigenvalue weighted by molar-refractivity contribution is -0.180. The Bertz CT molecular complexity index is 503. The highest BCUT2D eigenvalue weighted by Crippen LogP contribution is 2.28. The number of nitrogens with zero attached hydrogens (tertiary/aromatic N) is 2. The predicted molar refractivity (Wildman–Crippen MR) is 93.1 cm³/mol. The number of carboxylic acid groups (broad SMARTS) is 2. The van der Waals surface area contributed by atoms with E-state index in [-0.39, 0.29) is 18.0 Å². The van der Waals surface area contributed by atoms with E-state index in [0.29, 0.717) is 31.0 Å². The van der Waals surface area contributed by atoms with E-state index < -0.39 is 23.6 Å². The lowest BCUT2D eigenvalue weighted by Gasteiger charge is -2.32. The molecule has 0 fully saturated rings. The molecule has 0 aliphatic rings. The molecule has 0 aliphatic carbocycles. The number of hydrogen-bond donors (Lipinski definition) is 2. The minimum absolute atomic E-state index is 0.0160. The maximum atomic E-state index is 11.6. The first kappa shape index (κ1) is 22.8. The van der Waals surface area contributed by atoms with Crippen molar-refractivity contribution < 1.29 is 29.4 Å². The molecule has 0 aromatic heterocycles. The van der Waals surface area contributed by atoms with Gasteiger partial charge in [-0.15, -0.1) is 5.06 Å². The summed E-state index contributed by atoms with van der Waals surface area (Å²) in [5, 5.41) is 18.9. The summed E-state index contributed by atoms with van der Waals surface area (Å²) in [7, 11) is 0. The molecule has 0 saturated carbocycles. The number of carbonyl (C=O) groups excluding carboxylic acids is 1. The van der Waals surface area contributed by atoms with Crippen LogP contribution in [0.3, 0.4) is 0 Å². The highest BCUT2D eigenvalue weighted by Gasteiger charge is 2.29. The Hall–Kier alpha value is -2.25. The van der Waals surface area contributed by atoms with Crippen LogP contribution in [0.25, 0.3) is 0 Å². The van der Waals surface area contributed by atoms with Crippen LogP contribution < -0.4 is 0 Å². The minimum Gasteiger partial charge on any atom is -0.465 e. The van der Waals surface area contributed by atoms with Gasteiger partial charge in [-0.2, -0.15) is 0 Å². The fourth-order valence-corrected chi connectivity index (χ4v) is 2.58. The SMILES string of the molecule is C=C(C)C(=O)ON(CC(C)(C)CC(C)CCN(CC)C(=O)O)C(=O)O. The van der Waals surface area contributed by atoms with Crippen LogP contribution in [0, 0.1) is 11.3 Å². The van der Waals surface area contributed by atoms with Gasteiger partial charge in [-0.3, -0.25) is 0 Å². The summed E-state index contributed by atoms with van der Waals surface area (Å²) in [5.74, 6) is -0.609. The molecule has 8 nitrogen and oxygen atoms in total. The maximum Gasteiger partial charge on any atom is 0.440 e. The highest BCUT2D eigenvalue weighted by atomic mass is 16.7. The molecular weight excluding hydrogens is 328 g/mol. The Balaban J connectivity index is 4.71. The summed E-state index contributed by atoms with van der Waals surface area (Å²) in [6.45, 7) is 13.3. The third-order valence-corrected chi connectivity index (χ3v) is 3.77. The van der Waals surface area contributed by atoms with Gasteiger partial charge in [-0.1, -0.05) is 27.4 Å². The van der Waals surface area contributed by atoms with Gasteiger partial charge < -0.3 is 20.0 Å². The van der Waals surface area contributed by atoms with Crippen molar-refractivity contribution in [3.05, 3.63) is 12.2 Å². The van der Waals surface area contributed by atoms with E-state index in [1.807, 2.05) is 20.8 Å². The van der Waals surface area contributed by atoms with Crippen molar-refractivity contribution in [2.24, 2.45) is 11.3 Å². The topological polar surface area (TPSA) is 107 Å². The van der Waals surface area contributed by atoms with Gasteiger partial charge in [0.1, 0.15) is 0 Å². The van der Waals surface area contributed by atoms with Crippen LogP contribution in [-0.4, -0.2) is 58.0 Å². The molecule has 0 aliphatic heterocycles. The first-order valence-electron chi connectivity index (χ1n) is 8.25. The number of amides is 2. The number of carbonyl (C=O) groups is 3. The lowest BCUT2D eigenvalue weighted by Crippen LogP contribution is -2.40. The Morgan fingerprint density at radius 1 is 1.20 bits per heavy atom. The van der Waals surface area contributed by atoms with Crippen molar-refractivity contribution in [3.8, 4) is 0 Å². The van der Waals surface area contributed by atoms with Gasteiger partial charge in [0.15, 0.2) is 0 Å². The summed E-state index contributed by atoms with van der Waals surface area (Å²) in [6, 6.07) is 0. The van der Waals surface area contributed by atoms with Crippen LogP contribution in [0.2, 0.25) is 0 Å². The fraction of sp³-hybridized carbons (Fsp3) is 0.706. The molecule has 0 rings (SSSR count). The van der Waals surface area contributed by atoms with Crippen molar-refractivity contribution in [1.82, 2.24) is 9.96 Å². The number of hydrogen-bond acceptors (Lipinski definition) is 4. The highest BCUT2D eigenvalue weighted by molar-refractivity contribution is 5.87. The Morgan fingerprint density at radius 3 is 2.16 bits per heavy atom. The molecule has 0 saturated heterocycles. The van der Waals surface area contributed by atoms with Crippen LogP contribution in [0.1, 0.15) is 47.5 Å². The summed E-state index contributed by atoms with van der Waals surface area (Å²) in [5.41, 5.74) is -0.335. The second-order valence-electron chi connectivity index (χ2n) is 7.10. The van der Waals surface area contributed by atoms with Gasteiger partial charge in [0, 0.05) is 18.7 Å². The van der Waals surface area contributed by atoms with E-state index in [2.05, 4.69) is 6.58 Å². The number of rotatable bonds is 9. The van der Waals surface area contributed by atoms with Crippen LogP contribution >= 0.6 is 0 Å². The smallest absolute Gasteiger partial charge is 0.440 e. The zero-order chi connectivity index (χ0) is 19.8. The van der Waals surface area contributed by atoms with Crippen molar-refractivity contribution >= 4 is 18.2 Å². The molecule has 25 heavy (non-hydrogen) atoms. The summed E-state index contributed by atoms with van der Waals surface area (Å²) in [4.78, 5) is 40.0. The molecule has 0 radical (unpaired) electrons. The first-order valence-corrected chi connectivity index (χ1v) is 8.25. The zero-order valence-corrected chi connectivity index (χ0v) is 15.7. The summed E-state index contributed by atoms with van der Waals surface area (Å²) < 4.78 is 0. The molecule has 1 unspecified atom stereocenters. The van der Waals surface area contributed by atoms with Crippen LogP contribution in [0.15, 0.2) is 12.2 Å². The maximum absolute atomic E-state index is 11.6. The third kappa shape index (κ3) is 8.97. The molecule has 0 spiro atoms. The second kappa shape index (κ2) is 9.90. The van der Waals surface area contributed by atoms with E-state index in [1.165, 1.54) is 11.8 Å². The normalized spacial score (nSPS) is 12.2. The average molecular weight is 358 g/mol. The van der Waals surface area contributed by atoms with Crippen molar-refractivity contribution in [2.75, 3.05) is 19.6 Å². The molecular formula is C17H30N2O6. The molecule has 0 aromatic rings. The van der Waals surface area contributed by atoms with Crippen LogP contribution in [-0.2, 0) is 9.63 Å². The zero-order valence-electron chi connectivity index (χ0n) is 15.7. The average Bonchev–Trinajstić information content (AvgIpc) is 2.45. The third-order valence-electron chi connectivity index (χ3n) is 3.77. The first-order chi connectivity index (χ1) is 11.4. The molecule has 0 heterocycles. The number of hydroxylamine groups is 2. The Morgan fingerprint density at radius 2 is 1.76 bits per heavy atom. The lowest BCUT2D eigenvalue weighted by atomic mass is 9.82. The van der Waals surface area contributed by atoms with E-state index in [1.54, 1.807) is 6.92 Å². The van der Waals surface area contributed by atoms with Gasteiger partial charge in [0.2, 0.25) is 0 Å². The van der Waals surface area contributed by atoms with Gasteiger partial charge in [0.05, 0.1) is 6.54 Å². The molecule has 2 N–H and O–H groups in total.